The lowest BCUT2D eigenvalue weighted by molar-refractivity contribution is -0.297. The summed E-state index contributed by atoms with van der Waals surface area (Å²) >= 11 is 0. The van der Waals surface area contributed by atoms with E-state index in [1.54, 1.807) is 0 Å². The summed E-state index contributed by atoms with van der Waals surface area (Å²) in [6.45, 7) is 2.91. The van der Waals surface area contributed by atoms with E-state index in [1.807, 2.05) is 24.3 Å². The highest BCUT2D eigenvalue weighted by Gasteiger charge is 1.94. The molecule has 0 atom stereocenters. The molecule has 0 saturated heterocycles. The summed E-state index contributed by atoms with van der Waals surface area (Å²) in [6.07, 6.45) is 7.25. The second kappa shape index (κ2) is 8.34. The molecule has 98 valence electrons. The van der Waals surface area contributed by atoms with Gasteiger partial charge in [-0.1, -0.05) is 44.4 Å². The molecule has 1 aromatic rings. The molecule has 0 bridgehead atoms. The van der Waals surface area contributed by atoms with E-state index in [0.29, 0.717) is 0 Å². The zero-order valence-corrected chi connectivity index (χ0v) is 10.7. The maximum Gasteiger partial charge on any atom is 0.119 e. The minimum absolute atomic E-state index is 0.730. The molecule has 0 heterocycles. The van der Waals surface area contributed by atoms with Crippen molar-refractivity contribution in [1.29, 1.82) is 0 Å². The monoisotopic (exact) mass is 247 g/mol. The number of carboxylic acids is 1. The van der Waals surface area contributed by atoms with Crippen LogP contribution in [0.1, 0.15) is 38.2 Å². The first-order chi connectivity index (χ1) is 8.72. The first-order valence-corrected chi connectivity index (χ1v) is 6.34. The Morgan fingerprint density at radius 3 is 2.56 bits per heavy atom. The van der Waals surface area contributed by atoms with Crippen molar-refractivity contribution in [3.8, 4) is 5.75 Å². The number of carbonyl (C=O) groups excluding carboxylic acids is 1. The van der Waals surface area contributed by atoms with Gasteiger partial charge in [0.15, 0.2) is 0 Å². The fraction of sp³-hybridized carbons (Fsp3) is 0.400. The van der Waals surface area contributed by atoms with E-state index >= 15 is 0 Å². The summed E-state index contributed by atoms with van der Waals surface area (Å²) in [5, 5.41) is 10.2. The molecule has 0 spiro atoms. The summed E-state index contributed by atoms with van der Waals surface area (Å²) in [6, 6.07) is 7.32. The molecule has 0 saturated carbocycles. The maximum absolute atomic E-state index is 10.2. The van der Waals surface area contributed by atoms with Gasteiger partial charge in [0, 0.05) is 0 Å². The number of hydrogen-bond donors (Lipinski definition) is 0. The molecule has 3 nitrogen and oxygen atoms in total. The van der Waals surface area contributed by atoms with Gasteiger partial charge in [0.2, 0.25) is 0 Å². The predicted octanol–water partition coefficient (Wildman–Crippen LogP) is 2.41. The van der Waals surface area contributed by atoms with Crippen molar-refractivity contribution in [3.63, 3.8) is 0 Å². The number of hydrogen-bond acceptors (Lipinski definition) is 3. The molecule has 1 rings (SSSR count). The average molecular weight is 247 g/mol. The summed E-state index contributed by atoms with van der Waals surface area (Å²) < 4.78 is 5.58. The van der Waals surface area contributed by atoms with Gasteiger partial charge in [-0.05, 0) is 30.2 Å². The minimum Gasteiger partial charge on any atom is -0.545 e. The molecule has 1 aromatic carbocycles. The van der Waals surface area contributed by atoms with E-state index in [1.165, 1.54) is 25.3 Å². The van der Waals surface area contributed by atoms with Gasteiger partial charge >= 0.3 is 0 Å². The van der Waals surface area contributed by atoms with Crippen molar-refractivity contribution in [2.24, 2.45) is 0 Å². The molecule has 0 aromatic heterocycles. The summed E-state index contributed by atoms with van der Waals surface area (Å²) in [5.74, 6) is -0.372. The second-order valence-corrected chi connectivity index (χ2v) is 4.13. The molecule has 0 fully saturated rings. The third-order valence-electron chi connectivity index (χ3n) is 2.56. The minimum atomic E-state index is -1.19. The lowest BCUT2D eigenvalue weighted by Gasteiger charge is -2.06. The largest absolute Gasteiger partial charge is 0.545 e. The first-order valence-electron chi connectivity index (χ1n) is 6.34. The molecule has 3 heteroatoms. The highest BCUT2D eigenvalue weighted by molar-refractivity contribution is 5.83. The van der Waals surface area contributed by atoms with E-state index in [0.717, 1.165) is 30.4 Å². The van der Waals surface area contributed by atoms with E-state index in [9.17, 15) is 9.90 Å². The Balaban J connectivity index is 2.34. The van der Waals surface area contributed by atoms with Crippen LogP contribution in [-0.4, -0.2) is 12.6 Å². The molecule has 18 heavy (non-hydrogen) atoms. The Morgan fingerprint density at radius 2 is 1.94 bits per heavy atom. The maximum atomic E-state index is 10.2. The van der Waals surface area contributed by atoms with Crippen molar-refractivity contribution in [2.75, 3.05) is 6.61 Å². The molecule has 0 N–H and O–H groups in total. The molecule has 0 radical (unpaired) electrons. The van der Waals surface area contributed by atoms with Crippen LogP contribution >= 0.6 is 0 Å². The lowest BCUT2D eigenvalue weighted by atomic mass is 10.2. The van der Waals surface area contributed by atoms with E-state index in [4.69, 9.17) is 4.74 Å². The average Bonchev–Trinajstić information content (AvgIpc) is 2.37. The lowest BCUT2D eigenvalue weighted by Crippen LogP contribution is -2.18. The number of benzene rings is 1. The first kappa shape index (κ1) is 14.3. The quantitative estimate of drug-likeness (QED) is 0.523. The smallest absolute Gasteiger partial charge is 0.119 e. The third kappa shape index (κ3) is 6.09. The number of unbranched alkanes of at least 4 members (excludes halogenated alkanes) is 3. The van der Waals surface area contributed by atoms with E-state index in [-0.39, 0.29) is 0 Å². The zero-order chi connectivity index (χ0) is 13.2. The summed E-state index contributed by atoms with van der Waals surface area (Å²) in [4.78, 5) is 10.2. The van der Waals surface area contributed by atoms with E-state index < -0.39 is 5.97 Å². The van der Waals surface area contributed by atoms with Crippen LogP contribution in [0.2, 0.25) is 0 Å². The van der Waals surface area contributed by atoms with Crippen LogP contribution in [0.15, 0.2) is 30.3 Å². The second-order valence-electron chi connectivity index (χ2n) is 4.13. The van der Waals surface area contributed by atoms with Crippen molar-refractivity contribution in [2.45, 2.75) is 32.6 Å². The van der Waals surface area contributed by atoms with Gasteiger partial charge in [0.25, 0.3) is 0 Å². The SMILES string of the molecule is CCCCCCOc1ccc(/C=C/C(=O)[O-])cc1. The predicted molar refractivity (Wildman–Crippen MR) is 70.1 cm³/mol. The fourth-order valence-corrected chi connectivity index (χ4v) is 1.56. The standard InChI is InChI=1S/C15H20O3/c1-2-3-4-5-12-18-14-9-6-13(7-10-14)8-11-15(16)17/h6-11H,2-5,12H2,1H3,(H,16,17)/p-1/b11-8+. The topological polar surface area (TPSA) is 49.4 Å². The van der Waals surface area contributed by atoms with Gasteiger partial charge in [0.1, 0.15) is 5.75 Å². The Morgan fingerprint density at radius 1 is 1.22 bits per heavy atom. The van der Waals surface area contributed by atoms with Crippen LogP contribution in [0.5, 0.6) is 5.75 Å². The Bertz CT molecular complexity index is 379. The van der Waals surface area contributed by atoms with E-state index in [2.05, 4.69) is 6.92 Å². The van der Waals surface area contributed by atoms with Gasteiger partial charge in [-0.15, -0.1) is 0 Å². The number of carbonyl (C=O) groups is 1. The molecular formula is C15H19O3-. The number of aliphatic carboxylic acids is 1. The van der Waals surface area contributed by atoms with Crippen LogP contribution in [0.3, 0.4) is 0 Å². The third-order valence-corrected chi connectivity index (χ3v) is 2.56. The van der Waals surface area contributed by atoms with Crippen LogP contribution in [-0.2, 0) is 4.79 Å². The molecule has 0 aliphatic carbocycles. The Kier molecular flexibility index (Phi) is 6.62. The highest BCUT2D eigenvalue weighted by atomic mass is 16.5. The van der Waals surface area contributed by atoms with Gasteiger partial charge in [-0.2, -0.15) is 0 Å². The van der Waals surface area contributed by atoms with Crippen molar-refractivity contribution < 1.29 is 14.6 Å². The Hall–Kier alpha value is -1.77. The van der Waals surface area contributed by atoms with Gasteiger partial charge in [0.05, 0.1) is 12.6 Å². The van der Waals surface area contributed by atoms with Crippen molar-refractivity contribution in [1.82, 2.24) is 0 Å². The number of rotatable bonds is 8. The van der Waals surface area contributed by atoms with Gasteiger partial charge in [-0.25, -0.2) is 0 Å². The molecular weight excluding hydrogens is 228 g/mol. The van der Waals surface area contributed by atoms with Crippen molar-refractivity contribution in [3.05, 3.63) is 35.9 Å². The highest BCUT2D eigenvalue weighted by Crippen LogP contribution is 2.13. The Labute approximate surface area is 108 Å². The van der Waals surface area contributed by atoms with Crippen molar-refractivity contribution >= 4 is 12.0 Å². The fourth-order valence-electron chi connectivity index (χ4n) is 1.56. The van der Waals surface area contributed by atoms with Gasteiger partial charge < -0.3 is 14.6 Å². The normalized spacial score (nSPS) is 10.7. The molecule has 0 aliphatic rings. The van der Waals surface area contributed by atoms with Crippen LogP contribution < -0.4 is 9.84 Å². The summed E-state index contributed by atoms with van der Waals surface area (Å²) in [5.41, 5.74) is 0.817. The van der Waals surface area contributed by atoms with Gasteiger partial charge in [-0.3, -0.25) is 0 Å². The summed E-state index contributed by atoms with van der Waals surface area (Å²) in [7, 11) is 0. The van der Waals surface area contributed by atoms with Crippen LogP contribution in [0.4, 0.5) is 0 Å². The zero-order valence-electron chi connectivity index (χ0n) is 10.7. The number of ether oxygens (including phenoxy) is 1. The number of carboxylic acid groups (broad SMARTS) is 1. The van der Waals surface area contributed by atoms with Crippen LogP contribution in [0, 0.1) is 0 Å². The molecule has 0 amide bonds. The molecule has 0 unspecified atom stereocenters. The van der Waals surface area contributed by atoms with Crippen LogP contribution in [0.25, 0.3) is 6.08 Å². The molecule has 0 aliphatic heterocycles.